The Bertz CT molecular complexity index is 567. The highest BCUT2D eigenvalue weighted by molar-refractivity contribution is 9.10. The normalized spacial score (nSPS) is 10.5. The highest BCUT2D eigenvalue weighted by Gasteiger charge is 2.07. The summed E-state index contributed by atoms with van der Waals surface area (Å²) in [6.45, 7) is 0. The van der Waals surface area contributed by atoms with Crippen LogP contribution in [0.25, 0.3) is 0 Å². The molecule has 4 heteroatoms. The molecule has 1 N–H and O–H groups in total. The average Bonchev–Trinajstić information content (AvgIpc) is 2.40. The lowest BCUT2D eigenvalue weighted by molar-refractivity contribution is 0.0954. The lowest BCUT2D eigenvalue weighted by atomic mass is 10.2. The Morgan fingerprint density at radius 2 is 1.72 bits per heavy atom. The maximum Gasteiger partial charge on any atom is 0.272 e. The van der Waals surface area contributed by atoms with Crippen molar-refractivity contribution >= 4 is 28.1 Å². The highest BCUT2D eigenvalue weighted by Crippen LogP contribution is 2.15. The monoisotopic (exact) mass is 302 g/mol. The summed E-state index contributed by atoms with van der Waals surface area (Å²) < 4.78 is 0.748. The molecule has 0 saturated heterocycles. The van der Waals surface area contributed by atoms with Crippen molar-refractivity contribution in [1.29, 1.82) is 0 Å². The average molecular weight is 303 g/mol. The van der Waals surface area contributed by atoms with E-state index in [1.165, 1.54) is 0 Å². The third-order valence-corrected chi connectivity index (χ3v) is 2.99. The van der Waals surface area contributed by atoms with Crippen molar-refractivity contribution in [3.63, 3.8) is 0 Å². The summed E-state index contributed by atoms with van der Waals surface area (Å²) in [5.41, 5.74) is 3.98. The number of hydrogen-bond acceptors (Lipinski definition) is 2. The first-order valence-corrected chi connectivity index (χ1v) is 6.19. The van der Waals surface area contributed by atoms with Crippen molar-refractivity contribution in [2.45, 2.75) is 0 Å². The first kappa shape index (κ1) is 12.5. The van der Waals surface area contributed by atoms with Gasteiger partial charge in [0.05, 0.1) is 11.8 Å². The largest absolute Gasteiger partial charge is 0.272 e. The van der Waals surface area contributed by atoms with E-state index >= 15 is 0 Å². The van der Waals surface area contributed by atoms with Crippen LogP contribution < -0.4 is 5.43 Å². The van der Waals surface area contributed by atoms with E-state index in [0.29, 0.717) is 5.56 Å². The third kappa shape index (κ3) is 3.28. The first-order valence-electron chi connectivity index (χ1n) is 5.40. The molecule has 90 valence electrons. The molecule has 0 aromatic heterocycles. The minimum Gasteiger partial charge on any atom is -0.267 e. The zero-order valence-electron chi connectivity index (χ0n) is 9.51. The molecular formula is C14H11BrN2O. The molecule has 0 spiro atoms. The fourth-order valence-corrected chi connectivity index (χ4v) is 1.87. The van der Waals surface area contributed by atoms with Crippen molar-refractivity contribution in [2.24, 2.45) is 5.10 Å². The van der Waals surface area contributed by atoms with E-state index in [0.717, 1.165) is 10.0 Å². The number of carbonyl (C=O) groups is 1. The van der Waals surface area contributed by atoms with Crippen LogP contribution in [-0.2, 0) is 0 Å². The Labute approximate surface area is 114 Å². The van der Waals surface area contributed by atoms with Gasteiger partial charge in [0.1, 0.15) is 0 Å². The Morgan fingerprint density at radius 1 is 1.06 bits per heavy atom. The first-order chi connectivity index (χ1) is 8.77. The van der Waals surface area contributed by atoms with Crippen molar-refractivity contribution in [2.75, 3.05) is 0 Å². The van der Waals surface area contributed by atoms with Crippen LogP contribution in [0.4, 0.5) is 0 Å². The molecule has 0 aliphatic heterocycles. The van der Waals surface area contributed by atoms with Crippen LogP contribution in [0.5, 0.6) is 0 Å². The molecule has 0 aliphatic carbocycles. The zero-order valence-corrected chi connectivity index (χ0v) is 11.1. The van der Waals surface area contributed by atoms with E-state index < -0.39 is 0 Å². The molecule has 0 fully saturated rings. The highest BCUT2D eigenvalue weighted by atomic mass is 79.9. The van der Waals surface area contributed by atoms with Crippen LogP contribution in [0.15, 0.2) is 64.2 Å². The van der Waals surface area contributed by atoms with Gasteiger partial charge in [0.15, 0.2) is 0 Å². The van der Waals surface area contributed by atoms with Crippen LogP contribution in [0.1, 0.15) is 15.9 Å². The summed E-state index contributed by atoms with van der Waals surface area (Å²) >= 11 is 3.32. The van der Waals surface area contributed by atoms with Crippen LogP contribution in [0, 0.1) is 0 Å². The van der Waals surface area contributed by atoms with E-state index in [1.54, 1.807) is 18.3 Å². The molecule has 0 unspecified atom stereocenters. The van der Waals surface area contributed by atoms with E-state index in [1.807, 2.05) is 42.5 Å². The van der Waals surface area contributed by atoms with Gasteiger partial charge in [-0.2, -0.15) is 5.10 Å². The van der Waals surface area contributed by atoms with Crippen molar-refractivity contribution in [3.8, 4) is 0 Å². The summed E-state index contributed by atoms with van der Waals surface area (Å²) in [6, 6.07) is 16.8. The van der Waals surface area contributed by atoms with Gasteiger partial charge in [-0.25, -0.2) is 5.43 Å². The predicted molar refractivity (Wildman–Crippen MR) is 75.6 cm³/mol. The molecule has 18 heavy (non-hydrogen) atoms. The quantitative estimate of drug-likeness (QED) is 0.686. The Hall–Kier alpha value is -1.94. The smallest absolute Gasteiger partial charge is 0.267 e. The van der Waals surface area contributed by atoms with E-state index in [4.69, 9.17) is 0 Å². The van der Waals surface area contributed by atoms with Crippen molar-refractivity contribution < 1.29 is 4.79 Å². The molecule has 2 aromatic carbocycles. The summed E-state index contributed by atoms with van der Waals surface area (Å²) in [6.07, 6.45) is 1.61. The molecule has 2 aromatic rings. The van der Waals surface area contributed by atoms with Crippen molar-refractivity contribution in [3.05, 3.63) is 70.2 Å². The third-order valence-electron chi connectivity index (χ3n) is 2.30. The molecule has 0 atom stereocenters. The maximum atomic E-state index is 11.8. The van der Waals surface area contributed by atoms with Gasteiger partial charge >= 0.3 is 0 Å². The molecule has 2 rings (SSSR count). The molecule has 0 bridgehead atoms. The number of amides is 1. The van der Waals surface area contributed by atoms with Gasteiger partial charge in [0, 0.05) is 4.47 Å². The number of rotatable bonds is 3. The summed E-state index contributed by atoms with van der Waals surface area (Å²) in [7, 11) is 0. The minimum atomic E-state index is -0.241. The van der Waals surface area contributed by atoms with Gasteiger partial charge < -0.3 is 0 Å². The topological polar surface area (TPSA) is 41.5 Å². The van der Waals surface area contributed by atoms with Crippen molar-refractivity contribution in [1.82, 2.24) is 5.43 Å². The number of nitrogens with zero attached hydrogens (tertiary/aromatic N) is 1. The van der Waals surface area contributed by atoms with Gasteiger partial charge in [-0.05, 0) is 33.6 Å². The van der Waals surface area contributed by atoms with Gasteiger partial charge in [-0.1, -0.05) is 42.5 Å². The predicted octanol–water partition coefficient (Wildman–Crippen LogP) is 3.21. The number of hydrazone groups is 1. The maximum absolute atomic E-state index is 11.8. The Morgan fingerprint density at radius 3 is 2.44 bits per heavy atom. The lowest BCUT2D eigenvalue weighted by Crippen LogP contribution is -2.17. The SMILES string of the molecule is O=C(N/N=C\c1ccccc1)c1ccccc1Br. The Kier molecular flexibility index (Phi) is 4.25. The van der Waals surface area contributed by atoms with Crippen LogP contribution in [-0.4, -0.2) is 12.1 Å². The molecule has 0 aliphatic rings. The molecule has 1 amide bonds. The second-order valence-corrected chi connectivity index (χ2v) is 4.44. The van der Waals surface area contributed by atoms with Crippen LogP contribution >= 0.6 is 15.9 Å². The second kappa shape index (κ2) is 6.12. The molecule has 0 radical (unpaired) electrons. The van der Waals surface area contributed by atoms with E-state index in [9.17, 15) is 4.79 Å². The summed E-state index contributed by atoms with van der Waals surface area (Å²) in [5, 5.41) is 3.91. The summed E-state index contributed by atoms with van der Waals surface area (Å²) in [5.74, 6) is -0.241. The number of nitrogens with one attached hydrogen (secondary N) is 1. The number of benzene rings is 2. The number of halogens is 1. The fourth-order valence-electron chi connectivity index (χ4n) is 1.41. The zero-order chi connectivity index (χ0) is 12.8. The van der Waals surface area contributed by atoms with Gasteiger partial charge in [0.25, 0.3) is 5.91 Å². The summed E-state index contributed by atoms with van der Waals surface area (Å²) in [4.78, 5) is 11.8. The van der Waals surface area contributed by atoms with Crippen LogP contribution in [0.3, 0.4) is 0 Å². The minimum absolute atomic E-state index is 0.241. The van der Waals surface area contributed by atoms with Gasteiger partial charge in [-0.15, -0.1) is 0 Å². The molecule has 0 saturated carbocycles. The number of hydrogen-bond donors (Lipinski definition) is 1. The molecular weight excluding hydrogens is 292 g/mol. The molecule has 0 heterocycles. The van der Waals surface area contributed by atoms with Gasteiger partial charge in [-0.3, -0.25) is 4.79 Å². The standard InChI is InChI=1S/C14H11BrN2O/c15-13-9-5-4-8-12(13)14(18)17-16-10-11-6-2-1-3-7-11/h1-10H,(H,17,18)/b16-10-. The van der Waals surface area contributed by atoms with E-state index in [2.05, 4.69) is 26.5 Å². The molecule has 3 nitrogen and oxygen atoms in total. The van der Waals surface area contributed by atoms with Crippen LogP contribution in [0.2, 0.25) is 0 Å². The fraction of sp³-hybridized carbons (Fsp3) is 0. The van der Waals surface area contributed by atoms with Gasteiger partial charge in [0.2, 0.25) is 0 Å². The Balaban J connectivity index is 2.01. The van der Waals surface area contributed by atoms with E-state index in [-0.39, 0.29) is 5.91 Å². The number of carbonyl (C=O) groups excluding carboxylic acids is 1. The lowest BCUT2D eigenvalue weighted by Gasteiger charge is -2.01. The second-order valence-electron chi connectivity index (χ2n) is 3.59.